The predicted octanol–water partition coefficient (Wildman–Crippen LogP) is 3.18. The number of fused-ring (bicyclic) bond motifs is 1. The van der Waals surface area contributed by atoms with E-state index in [1.807, 2.05) is 24.3 Å². The molecular weight excluding hydrogens is 220 g/mol. The Hall–Kier alpha value is -1.06. The number of halogens is 1. The van der Waals surface area contributed by atoms with Crippen LogP contribution >= 0.6 is 22.9 Å². The summed E-state index contributed by atoms with van der Waals surface area (Å²) in [5.41, 5.74) is 0.805. The van der Waals surface area contributed by atoms with Crippen molar-refractivity contribution in [3.63, 3.8) is 0 Å². The van der Waals surface area contributed by atoms with Crippen molar-refractivity contribution in [3.05, 3.63) is 34.2 Å². The molecule has 4 heteroatoms. The summed E-state index contributed by atoms with van der Waals surface area (Å²) in [6.45, 7) is 0. The largest absolute Gasteiger partial charge is 0.481 e. The SMILES string of the molecule is O=C(O)Cc1ccc2sc(Cl)cc2c1. The van der Waals surface area contributed by atoms with Crippen molar-refractivity contribution in [3.8, 4) is 0 Å². The average Bonchev–Trinajstić information content (AvgIpc) is 2.42. The summed E-state index contributed by atoms with van der Waals surface area (Å²) in [4.78, 5) is 10.5. The van der Waals surface area contributed by atoms with Crippen molar-refractivity contribution in [2.45, 2.75) is 6.42 Å². The minimum atomic E-state index is -0.814. The summed E-state index contributed by atoms with van der Waals surface area (Å²) >= 11 is 7.34. The van der Waals surface area contributed by atoms with Crippen LogP contribution in [0.25, 0.3) is 10.1 Å². The maximum Gasteiger partial charge on any atom is 0.307 e. The third-order valence-electron chi connectivity index (χ3n) is 1.91. The molecule has 2 aromatic rings. The summed E-state index contributed by atoms with van der Waals surface area (Å²) < 4.78 is 1.82. The predicted molar refractivity (Wildman–Crippen MR) is 58.2 cm³/mol. The van der Waals surface area contributed by atoms with E-state index < -0.39 is 5.97 Å². The molecule has 0 fully saturated rings. The van der Waals surface area contributed by atoms with Crippen LogP contribution in [-0.2, 0) is 11.2 Å². The van der Waals surface area contributed by atoms with Crippen LogP contribution in [0.15, 0.2) is 24.3 Å². The zero-order valence-corrected chi connectivity index (χ0v) is 8.73. The molecule has 2 rings (SSSR count). The molecule has 0 bridgehead atoms. The minimum absolute atomic E-state index is 0.0589. The Kier molecular flexibility index (Phi) is 2.44. The molecule has 0 saturated heterocycles. The second kappa shape index (κ2) is 3.59. The summed E-state index contributed by atoms with van der Waals surface area (Å²) in [5.74, 6) is -0.814. The first-order valence-electron chi connectivity index (χ1n) is 4.05. The summed E-state index contributed by atoms with van der Waals surface area (Å²) in [7, 11) is 0. The van der Waals surface area contributed by atoms with Gasteiger partial charge in [0, 0.05) is 4.70 Å². The van der Waals surface area contributed by atoms with Gasteiger partial charge in [-0.2, -0.15) is 0 Å². The van der Waals surface area contributed by atoms with Crippen molar-refractivity contribution in [1.29, 1.82) is 0 Å². The fourth-order valence-electron chi connectivity index (χ4n) is 1.35. The van der Waals surface area contributed by atoms with Gasteiger partial charge in [-0.15, -0.1) is 11.3 Å². The highest BCUT2D eigenvalue weighted by Crippen LogP contribution is 2.29. The van der Waals surface area contributed by atoms with Gasteiger partial charge in [-0.1, -0.05) is 17.7 Å². The zero-order chi connectivity index (χ0) is 10.1. The van der Waals surface area contributed by atoms with Gasteiger partial charge < -0.3 is 5.11 Å². The Bertz CT molecular complexity index is 490. The second-order valence-electron chi connectivity index (χ2n) is 2.99. The smallest absolute Gasteiger partial charge is 0.307 e. The number of carboxylic acid groups (broad SMARTS) is 1. The highest BCUT2D eigenvalue weighted by atomic mass is 35.5. The van der Waals surface area contributed by atoms with Gasteiger partial charge in [-0.05, 0) is 29.1 Å². The molecule has 1 aromatic heterocycles. The fourth-order valence-corrected chi connectivity index (χ4v) is 2.48. The summed E-state index contributed by atoms with van der Waals surface area (Å²) in [5, 5.41) is 9.63. The standard InChI is InChI=1S/C10H7ClO2S/c11-9-5-7-3-6(4-10(12)13)1-2-8(7)14-9/h1-3,5H,4H2,(H,12,13). The first-order valence-corrected chi connectivity index (χ1v) is 5.24. The Balaban J connectivity index is 2.45. The quantitative estimate of drug-likeness (QED) is 0.854. The number of hydrogen-bond donors (Lipinski definition) is 1. The van der Waals surface area contributed by atoms with Crippen molar-refractivity contribution in [1.82, 2.24) is 0 Å². The van der Waals surface area contributed by atoms with Crippen LogP contribution < -0.4 is 0 Å². The second-order valence-corrected chi connectivity index (χ2v) is 4.71. The number of aliphatic carboxylic acids is 1. The molecule has 0 aliphatic carbocycles. The van der Waals surface area contributed by atoms with Gasteiger partial charge in [-0.3, -0.25) is 4.79 Å². The van der Waals surface area contributed by atoms with Crippen LogP contribution in [0.2, 0.25) is 4.34 Å². The molecule has 0 aliphatic rings. The number of hydrogen-bond acceptors (Lipinski definition) is 2. The molecule has 0 amide bonds. The Morgan fingerprint density at radius 2 is 2.21 bits per heavy atom. The molecule has 72 valence electrons. The highest BCUT2D eigenvalue weighted by Gasteiger charge is 2.03. The van der Waals surface area contributed by atoms with Gasteiger partial charge in [0.2, 0.25) is 0 Å². The first-order chi connectivity index (χ1) is 6.65. The van der Waals surface area contributed by atoms with E-state index in [9.17, 15) is 4.79 Å². The zero-order valence-electron chi connectivity index (χ0n) is 7.16. The van der Waals surface area contributed by atoms with Gasteiger partial charge in [-0.25, -0.2) is 0 Å². The minimum Gasteiger partial charge on any atom is -0.481 e. The van der Waals surface area contributed by atoms with E-state index in [4.69, 9.17) is 16.7 Å². The fraction of sp³-hybridized carbons (Fsp3) is 0.100. The van der Waals surface area contributed by atoms with Gasteiger partial charge >= 0.3 is 5.97 Å². The van der Waals surface area contributed by atoms with Crippen LogP contribution in [0.3, 0.4) is 0 Å². The molecular formula is C10H7ClO2S. The number of carbonyl (C=O) groups is 1. The lowest BCUT2D eigenvalue weighted by atomic mass is 10.1. The van der Waals surface area contributed by atoms with Gasteiger partial charge in [0.15, 0.2) is 0 Å². The van der Waals surface area contributed by atoms with Gasteiger partial charge in [0.05, 0.1) is 10.8 Å². The summed E-state index contributed by atoms with van der Waals surface area (Å²) in [6, 6.07) is 7.45. The van der Waals surface area contributed by atoms with Crippen LogP contribution in [-0.4, -0.2) is 11.1 Å². The van der Waals surface area contributed by atoms with Crippen LogP contribution in [0, 0.1) is 0 Å². The molecule has 0 saturated carbocycles. The van der Waals surface area contributed by atoms with E-state index in [0.717, 1.165) is 20.0 Å². The Morgan fingerprint density at radius 3 is 2.93 bits per heavy atom. The number of benzene rings is 1. The average molecular weight is 227 g/mol. The van der Waals surface area contributed by atoms with Crippen LogP contribution in [0.5, 0.6) is 0 Å². The topological polar surface area (TPSA) is 37.3 Å². The van der Waals surface area contributed by atoms with E-state index in [1.54, 1.807) is 0 Å². The van der Waals surface area contributed by atoms with E-state index in [2.05, 4.69) is 0 Å². The maximum atomic E-state index is 10.5. The monoisotopic (exact) mass is 226 g/mol. The number of rotatable bonds is 2. The molecule has 0 spiro atoms. The van der Waals surface area contributed by atoms with Gasteiger partial charge in [0.1, 0.15) is 0 Å². The first kappa shape index (κ1) is 9.49. The van der Waals surface area contributed by atoms with Crippen molar-refractivity contribution < 1.29 is 9.90 Å². The molecule has 14 heavy (non-hydrogen) atoms. The van der Waals surface area contributed by atoms with Crippen molar-refractivity contribution >= 4 is 39.0 Å². The van der Waals surface area contributed by atoms with Crippen LogP contribution in [0.1, 0.15) is 5.56 Å². The van der Waals surface area contributed by atoms with Crippen molar-refractivity contribution in [2.24, 2.45) is 0 Å². The van der Waals surface area contributed by atoms with Crippen LogP contribution in [0.4, 0.5) is 0 Å². The third kappa shape index (κ3) is 1.89. The molecule has 0 aliphatic heterocycles. The van der Waals surface area contributed by atoms with E-state index >= 15 is 0 Å². The summed E-state index contributed by atoms with van der Waals surface area (Å²) in [6.07, 6.45) is 0.0589. The number of carboxylic acids is 1. The van der Waals surface area contributed by atoms with E-state index in [0.29, 0.717) is 0 Å². The van der Waals surface area contributed by atoms with E-state index in [-0.39, 0.29) is 6.42 Å². The lowest BCUT2D eigenvalue weighted by Crippen LogP contribution is -1.99. The molecule has 1 heterocycles. The molecule has 1 aromatic carbocycles. The lowest BCUT2D eigenvalue weighted by Gasteiger charge is -1.96. The van der Waals surface area contributed by atoms with Crippen molar-refractivity contribution in [2.75, 3.05) is 0 Å². The molecule has 0 unspecified atom stereocenters. The highest BCUT2D eigenvalue weighted by molar-refractivity contribution is 7.22. The molecule has 0 atom stereocenters. The molecule has 1 N–H and O–H groups in total. The maximum absolute atomic E-state index is 10.5. The number of thiophene rings is 1. The Morgan fingerprint density at radius 1 is 1.43 bits per heavy atom. The Labute approximate surface area is 89.7 Å². The third-order valence-corrected chi connectivity index (χ3v) is 3.15. The van der Waals surface area contributed by atoms with Gasteiger partial charge in [0.25, 0.3) is 0 Å². The molecule has 0 radical (unpaired) electrons. The normalized spacial score (nSPS) is 10.6. The lowest BCUT2D eigenvalue weighted by molar-refractivity contribution is -0.136. The molecule has 2 nitrogen and oxygen atoms in total. The van der Waals surface area contributed by atoms with E-state index in [1.165, 1.54) is 11.3 Å².